The Kier molecular flexibility index (Phi) is 83.4. The molecule has 0 aliphatic heterocycles. The van der Waals surface area contributed by atoms with Gasteiger partial charge in [0.15, 0.2) is 0 Å². The minimum absolute atomic E-state index is 0.569. The third-order valence-electron chi connectivity index (χ3n) is 0.500. The van der Waals surface area contributed by atoms with Gasteiger partial charge in [0.05, 0.1) is 0 Å². The van der Waals surface area contributed by atoms with E-state index in [9.17, 15) is 0 Å². The van der Waals surface area contributed by atoms with E-state index in [2.05, 4.69) is 13.8 Å². The summed E-state index contributed by atoms with van der Waals surface area (Å²) in [6, 6.07) is 0. The van der Waals surface area contributed by atoms with E-state index in [1.807, 2.05) is 13.8 Å². The maximum absolute atomic E-state index is 6.45. The Morgan fingerprint density at radius 1 is 0.714 bits per heavy atom. The van der Waals surface area contributed by atoms with Gasteiger partial charge < -0.3 is 11.5 Å². The van der Waals surface area contributed by atoms with Gasteiger partial charge in [-0.3, -0.25) is 0 Å². The molecule has 4 heteroatoms. The van der Waals surface area contributed by atoms with E-state index in [-0.39, 0.29) is 0 Å². The molecule has 0 unspecified atom stereocenters. The average Bonchev–Trinajstić information content (AvgIpc) is 2.20. The number of hydrogen-bond donors (Lipinski definition) is 0. The van der Waals surface area contributed by atoms with Gasteiger partial charge >= 0.3 is 60.5 Å². The van der Waals surface area contributed by atoms with Crippen LogP contribution in [0.4, 0.5) is 0 Å². The molecule has 0 saturated carbocycles. The van der Waals surface area contributed by atoms with Crippen LogP contribution in [-0.4, -0.2) is 13.1 Å². The first-order chi connectivity index (χ1) is 6.66. The number of hydrogen-bond acceptors (Lipinski definition) is 0. The molecule has 0 fully saturated rings. The first-order valence-corrected chi connectivity index (χ1v) is 9.73. The molecular weight excluding hydrogens is 279 g/mol. The zero-order valence-electron chi connectivity index (χ0n) is 10.7. The molecule has 0 heterocycles. The molecule has 0 aromatic carbocycles. The molecule has 0 radical (unpaired) electrons. The van der Waals surface area contributed by atoms with Gasteiger partial charge in [-0.25, -0.2) is 0 Å². The van der Waals surface area contributed by atoms with Crippen molar-refractivity contribution >= 4 is 0 Å². The van der Waals surface area contributed by atoms with E-state index in [1.54, 1.807) is 0 Å². The molecule has 0 aliphatic carbocycles. The second kappa shape index (κ2) is 47.8. The fourth-order valence-electron chi connectivity index (χ4n) is 0. The van der Waals surface area contributed by atoms with Crippen LogP contribution in [0, 0.1) is 0 Å². The molecule has 0 rings (SSSR count). The zero-order chi connectivity index (χ0) is 12.2. The molecule has 0 atom stereocenters. The molecule has 0 aromatic rings. The van der Waals surface area contributed by atoms with Crippen LogP contribution in [0.3, 0.4) is 0 Å². The molecule has 2 nitrogen and oxygen atoms in total. The molecule has 2 N–H and O–H groups in total. The Morgan fingerprint density at radius 2 is 0.786 bits per heavy atom. The van der Waals surface area contributed by atoms with Crippen molar-refractivity contribution in [3.8, 4) is 0 Å². The summed E-state index contributed by atoms with van der Waals surface area (Å²) in [5.41, 5.74) is 12.9. The summed E-state index contributed by atoms with van der Waals surface area (Å²) < 4.78 is 0. The van der Waals surface area contributed by atoms with E-state index >= 15 is 0 Å². The first kappa shape index (κ1) is 24.4. The molecule has 0 aliphatic rings. The van der Waals surface area contributed by atoms with E-state index in [4.69, 9.17) is 11.5 Å². The minimum atomic E-state index is 0.569. The van der Waals surface area contributed by atoms with Gasteiger partial charge in [-0.2, -0.15) is 13.1 Å². The quantitative estimate of drug-likeness (QED) is 0.655. The second-order valence-corrected chi connectivity index (χ2v) is 6.70. The average molecular weight is 305 g/mol. The maximum atomic E-state index is 6.45. The van der Waals surface area contributed by atoms with Gasteiger partial charge in [0.1, 0.15) is 0 Å². The molecule has 0 bridgehead atoms. The Labute approximate surface area is 111 Å². The number of nitrogens with one attached hydrogen (secondary N) is 2. The first-order valence-electron chi connectivity index (χ1n) is 5.54. The van der Waals surface area contributed by atoms with Crippen LogP contribution in [0.25, 0.3) is 11.5 Å². The monoisotopic (exact) mass is 302 g/mol. The Bertz CT molecular complexity index is 37.1. The van der Waals surface area contributed by atoms with Crippen molar-refractivity contribution in [3.63, 3.8) is 0 Å². The van der Waals surface area contributed by atoms with Crippen molar-refractivity contribution in [3.05, 3.63) is 11.5 Å². The van der Waals surface area contributed by atoms with Crippen molar-refractivity contribution in [1.82, 2.24) is 0 Å². The van der Waals surface area contributed by atoms with Crippen molar-refractivity contribution in [2.75, 3.05) is 13.1 Å². The summed E-state index contributed by atoms with van der Waals surface area (Å²) in [5, 5.41) is 2.75. The molecule has 14 heavy (non-hydrogen) atoms. The van der Waals surface area contributed by atoms with E-state index < -0.39 is 0 Å². The third-order valence-corrected chi connectivity index (χ3v) is 0.500. The van der Waals surface area contributed by atoms with E-state index in [0.717, 1.165) is 12.8 Å². The van der Waals surface area contributed by atoms with E-state index in [0.29, 0.717) is 13.1 Å². The van der Waals surface area contributed by atoms with Crippen LogP contribution in [0.2, 0.25) is 10.0 Å². The SMILES string of the molecule is CCC[NH-].CCC[NH-].C[CH2][Zn+].C[CH2][Zn+]. The van der Waals surface area contributed by atoms with Gasteiger partial charge in [0.2, 0.25) is 0 Å². The van der Waals surface area contributed by atoms with E-state index in [1.165, 1.54) is 46.6 Å². The van der Waals surface area contributed by atoms with Gasteiger partial charge in [0.25, 0.3) is 0 Å². The molecule has 0 aromatic heterocycles. The summed E-state index contributed by atoms with van der Waals surface area (Å²) in [7, 11) is 0. The van der Waals surface area contributed by atoms with Crippen LogP contribution in [0.15, 0.2) is 0 Å². The Hall–Kier alpha value is 1.17. The topological polar surface area (TPSA) is 47.6 Å². The molecule has 0 spiro atoms. The van der Waals surface area contributed by atoms with Crippen molar-refractivity contribution in [2.24, 2.45) is 0 Å². The second-order valence-electron chi connectivity index (χ2n) is 2.50. The van der Waals surface area contributed by atoms with Gasteiger partial charge in [-0.15, -0.1) is 0 Å². The zero-order valence-corrected chi connectivity index (χ0v) is 16.6. The molecule has 80 valence electrons. The fraction of sp³-hybridized carbons (Fsp3) is 1.00. The third kappa shape index (κ3) is 194. The summed E-state index contributed by atoms with van der Waals surface area (Å²) >= 11 is 2.89. The molecule has 0 saturated heterocycles. The predicted octanol–water partition coefficient (Wildman–Crippen LogP) is 4.84. The summed E-state index contributed by atoms with van der Waals surface area (Å²) in [6.45, 7) is 9.49. The molecular formula is C10H26N2Zn2. The Balaban J connectivity index is -0.0000000482. The van der Waals surface area contributed by atoms with Crippen LogP contribution < -0.4 is 0 Å². The summed E-state index contributed by atoms with van der Waals surface area (Å²) in [6.07, 6.45) is 1.97. The van der Waals surface area contributed by atoms with Gasteiger partial charge in [0, 0.05) is 0 Å². The normalized spacial score (nSPS) is 7.00. The predicted molar refractivity (Wildman–Crippen MR) is 59.9 cm³/mol. The van der Waals surface area contributed by atoms with Gasteiger partial charge in [-0.1, -0.05) is 26.7 Å². The fourth-order valence-corrected chi connectivity index (χ4v) is 0. The van der Waals surface area contributed by atoms with Crippen molar-refractivity contribution in [1.29, 1.82) is 0 Å². The van der Waals surface area contributed by atoms with Crippen LogP contribution in [0.1, 0.15) is 40.5 Å². The van der Waals surface area contributed by atoms with Crippen molar-refractivity contribution in [2.45, 2.75) is 50.6 Å². The molecule has 0 amide bonds. The van der Waals surface area contributed by atoms with Crippen LogP contribution in [-0.2, 0) is 36.6 Å². The summed E-state index contributed by atoms with van der Waals surface area (Å²) in [5.74, 6) is 0. The van der Waals surface area contributed by atoms with Gasteiger partial charge in [-0.05, 0) is 0 Å². The number of rotatable bonds is 2. The van der Waals surface area contributed by atoms with Crippen molar-refractivity contribution < 1.29 is 36.6 Å². The van der Waals surface area contributed by atoms with Crippen LogP contribution >= 0.6 is 0 Å². The van der Waals surface area contributed by atoms with Crippen LogP contribution in [0.5, 0.6) is 0 Å². The summed E-state index contributed by atoms with van der Waals surface area (Å²) in [4.78, 5) is 0. The standard InChI is InChI=1S/2C3H8N.2C2H5.2Zn/c2*1-2-3-4;2*1-2;;/h2*4H,2-3H2,1H3;2*1H2,2H3;;/q2*-1;;;2*+1. The Morgan fingerprint density at radius 3 is 0.786 bits per heavy atom.